The monoisotopic (exact) mass is 444 g/mol. The smallest absolute Gasteiger partial charge is 0.410 e. The van der Waals surface area contributed by atoms with Gasteiger partial charge in [-0.15, -0.1) is 0 Å². The molecule has 8 heteroatoms. The van der Waals surface area contributed by atoms with Crippen molar-refractivity contribution in [3.05, 3.63) is 63.2 Å². The number of halogens is 1. The first-order valence-corrected chi connectivity index (χ1v) is 9.90. The zero-order valence-corrected chi connectivity index (χ0v) is 17.5. The number of rotatable bonds is 2. The molecule has 146 valence electrons. The average Bonchev–Trinajstić information content (AvgIpc) is 2.94. The van der Waals surface area contributed by atoms with E-state index < -0.39 is 11.7 Å². The number of para-hydroxylation sites is 1. The van der Waals surface area contributed by atoms with Crippen LogP contribution in [0.2, 0.25) is 0 Å². The van der Waals surface area contributed by atoms with Gasteiger partial charge in [0.2, 0.25) is 0 Å². The fourth-order valence-electron chi connectivity index (χ4n) is 3.28. The van der Waals surface area contributed by atoms with E-state index in [1.54, 1.807) is 26.2 Å². The molecule has 0 aliphatic carbocycles. The highest BCUT2D eigenvalue weighted by molar-refractivity contribution is 9.10. The molecule has 1 aromatic carbocycles. The maximum Gasteiger partial charge on any atom is 0.410 e. The summed E-state index contributed by atoms with van der Waals surface area (Å²) in [6.45, 7) is 6.07. The van der Waals surface area contributed by atoms with Crippen molar-refractivity contribution in [1.29, 1.82) is 0 Å². The fourth-order valence-corrected chi connectivity index (χ4v) is 3.75. The molecule has 28 heavy (non-hydrogen) atoms. The van der Waals surface area contributed by atoms with Gasteiger partial charge in [0.15, 0.2) is 5.82 Å². The summed E-state index contributed by atoms with van der Waals surface area (Å²) in [4.78, 5) is 27.5. The number of hydrogen-bond acceptors (Lipinski definition) is 4. The molecule has 1 fully saturated rings. The number of carbonyl (C=O) groups is 1. The summed E-state index contributed by atoms with van der Waals surface area (Å²) in [5.74, 6) is 0.518. The molecule has 1 atom stereocenters. The minimum Gasteiger partial charge on any atom is -0.444 e. The third kappa shape index (κ3) is 3.22. The van der Waals surface area contributed by atoms with E-state index in [2.05, 4.69) is 21.0 Å². The van der Waals surface area contributed by atoms with E-state index in [1.807, 2.05) is 51.1 Å². The maximum atomic E-state index is 13.3. The van der Waals surface area contributed by atoms with Crippen molar-refractivity contribution >= 4 is 27.5 Å². The van der Waals surface area contributed by atoms with Crippen LogP contribution in [0.5, 0.6) is 0 Å². The van der Waals surface area contributed by atoms with Crippen LogP contribution in [-0.2, 0) is 4.74 Å². The molecule has 0 bridgehead atoms. The number of likely N-dealkylation sites (tertiary alicyclic amines) is 1. The van der Waals surface area contributed by atoms with Gasteiger partial charge in [0.25, 0.3) is 5.56 Å². The van der Waals surface area contributed by atoms with Gasteiger partial charge in [-0.05, 0) is 61.3 Å². The highest BCUT2D eigenvalue weighted by Crippen LogP contribution is 2.34. The molecular formula is C20H21BrN4O3. The van der Waals surface area contributed by atoms with Gasteiger partial charge in [-0.3, -0.25) is 14.3 Å². The number of nitrogens with zero attached hydrogens (tertiary/aromatic N) is 4. The number of fused-ring (bicyclic) bond motifs is 1. The minimum absolute atomic E-state index is 0.191. The van der Waals surface area contributed by atoms with E-state index in [1.165, 1.54) is 0 Å². The molecule has 0 unspecified atom stereocenters. The largest absolute Gasteiger partial charge is 0.444 e. The lowest BCUT2D eigenvalue weighted by atomic mass is 10.0. The molecular weight excluding hydrogens is 424 g/mol. The van der Waals surface area contributed by atoms with Crippen LogP contribution in [0.1, 0.15) is 39.1 Å². The van der Waals surface area contributed by atoms with Crippen molar-refractivity contribution in [2.75, 3.05) is 6.54 Å². The zero-order valence-electron chi connectivity index (χ0n) is 15.9. The fraction of sp³-hybridized carbons (Fsp3) is 0.350. The summed E-state index contributed by atoms with van der Waals surface area (Å²) in [5, 5.41) is 4.68. The Balaban J connectivity index is 1.85. The van der Waals surface area contributed by atoms with Crippen molar-refractivity contribution < 1.29 is 9.53 Å². The lowest BCUT2D eigenvalue weighted by molar-refractivity contribution is -0.00811. The Morgan fingerprint density at radius 3 is 2.54 bits per heavy atom. The highest BCUT2D eigenvalue weighted by atomic mass is 79.9. The Labute approximate surface area is 170 Å². The first kappa shape index (κ1) is 18.7. The molecule has 0 radical (unpaired) electrons. The number of carbonyl (C=O) groups excluding carboxylic acids is 1. The molecule has 7 nitrogen and oxygen atoms in total. The van der Waals surface area contributed by atoms with E-state index in [9.17, 15) is 9.59 Å². The Morgan fingerprint density at radius 2 is 1.93 bits per heavy atom. The third-order valence-electron chi connectivity index (χ3n) is 4.62. The second-order valence-electron chi connectivity index (χ2n) is 7.77. The summed E-state index contributed by atoms with van der Waals surface area (Å²) >= 11 is 3.43. The second-order valence-corrected chi connectivity index (χ2v) is 8.62. The van der Waals surface area contributed by atoms with E-state index in [-0.39, 0.29) is 11.6 Å². The maximum absolute atomic E-state index is 13.3. The Hall–Kier alpha value is -2.61. The number of hydrogen-bond donors (Lipinski definition) is 0. The zero-order chi connectivity index (χ0) is 20.1. The van der Waals surface area contributed by atoms with Gasteiger partial charge in [-0.25, -0.2) is 9.31 Å². The number of amides is 1. The van der Waals surface area contributed by atoms with Gasteiger partial charge in [0.1, 0.15) is 11.1 Å². The van der Waals surface area contributed by atoms with Crippen molar-refractivity contribution in [3.63, 3.8) is 0 Å². The summed E-state index contributed by atoms with van der Waals surface area (Å²) in [6, 6.07) is 10.8. The minimum atomic E-state index is -0.584. The topological polar surface area (TPSA) is 68.8 Å². The summed E-state index contributed by atoms with van der Waals surface area (Å²) in [7, 11) is 0. The normalized spacial score (nSPS) is 16.9. The van der Waals surface area contributed by atoms with Gasteiger partial charge in [0, 0.05) is 12.7 Å². The van der Waals surface area contributed by atoms with Crippen LogP contribution in [0.25, 0.3) is 11.2 Å². The molecule has 1 aliphatic heterocycles. The summed E-state index contributed by atoms with van der Waals surface area (Å²) < 4.78 is 9.34. The van der Waals surface area contributed by atoms with E-state index >= 15 is 0 Å². The predicted molar refractivity (Wildman–Crippen MR) is 109 cm³/mol. The van der Waals surface area contributed by atoms with Gasteiger partial charge >= 0.3 is 6.09 Å². The molecule has 0 saturated carbocycles. The summed E-state index contributed by atoms with van der Waals surface area (Å²) in [5.41, 5.74) is 0.389. The molecule has 1 saturated heterocycles. The number of benzene rings is 1. The van der Waals surface area contributed by atoms with Gasteiger partial charge in [0.05, 0.1) is 16.2 Å². The van der Waals surface area contributed by atoms with Crippen LogP contribution < -0.4 is 5.56 Å². The molecule has 3 aromatic rings. The molecule has 2 aromatic heterocycles. The van der Waals surface area contributed by atoms with Crippen LogP contribution in [0.15, 0.2) is 51.9 Å². The van der Waals surface area contributed by atoms with E-state index in [0.717, 1.165) is 0 Å². The molecule has 0 N–H and O–H groups in total. The van der Waals surface area contributed by atoms with Crippen LogP contribution in [0.3, 0.4) is 0 Å². The Morgan fingerprint density at radius 1 is 1.21 bits per heavy atom. The molecule has 1 amide bonds. The lowest BCUT2D eigenvalue weighted by Gasteiger charge is -2.41. The van der Waals surface area contributed by atoms with Gasteiger partial charge in [-0.1, -0.05) is 18.2 Å². The third-order valence-corrected chi connectivity index (χ3v) is 5.26. The van der Waals surface area contributed by atoms with Crippen LogP contribution in [0, 0.1) is 0 Å². The number of aromatic nitrogens is 3. The Kier molecular flexibility index (Phi) is 4.53. The second kappa shape index (κ2) is 6.77. The molecule has 3 heterocycles. The van der Waals surface area contributed by atoms with Crippen molar-refractivity contribution in [1.82, 2.24) is 19.1 Å². The first-order valence-electron chi connectivity index (χ1n) is 9.11. The summed E-state index contributed by atoms with van der Waals surface area (Å²) in [6.07, 6.45) is 2.05. The molecule has 0 spiro atoms. The average molecular weight is 445 g/mol. The van der Waals surface area contributed by atoms with E-state index in [4.69, 9.17) is 4.74 Å². The van der Waals surface area contributed by atoms with Gasteiger partial charge in [-0.2, -0.15) is 5.10 Å². The number of ether oxygens (including phenoxy) is 1. The van der Waals surface area contributed by atoms with Crippen molar-refractivity contribution in [2.24, 2.45) is 0 Å². The highest BCUT2D eigenvalue weighted by Gasteiger charge is 2.39. The van der Waals surface area contributed by atoms with Crippen LogP contribution in [0.4, 0.5) is 4.79 Å². The first-order chi connectivity index (χ1) is 13.3. The van der Waals surface area contributed by atoms with Crippen LogP contribution >= 0.6 is 15.9 Å². The predicted octanol–water partition coefficient (Wildman–Crippen LogP) is 3.93. The van der Waals surface area contributed by atoms with Crippen molar-refractivity contribution in [2.45, 2.75) is 38.8 Å². The van der Waals surface area contributed by atoms with Crippen molar-refractivity contribution in [3.8, 4) is 5.69 Å². The molecule has 1 aliphatic rings. The van der Waals surface area contributed by atoms with Gasteiger partial charge < -0.3 is 4.74 Å². The Bertz CT molecular complexity index is 1100. The SMILES string of the molecule is CC(C)(C)OC(=O)N1CC[C@H]1c1nn2ccc(Br)c2c(=O)n1-c1ccccc1. The quantitative estimate of drug-likeness (QED) is 0.600. The standard InChI is InChI=1S/C20H21BrN4O3/c1-20(2,3)28-19(27)23-11-10-15(23)17-22-24-12-9-14(21)16(24)18(26)25(17)13-7-5-4-6-8-13/h4-9,12,15H,10-11H2,1-3H3/t15-/m0/s1. The lowest BCUT2D eigenvalue weighted by Crippen LogP contribution is -2.49. The van der Waals surface area contributed by atoms with Crippen LogP contribution in [-0.4, -0.2) is 37.3 Å². The molecule has 4 rings (SSSR count). The van der Waals surface area contributed by atoms with E-state index in [0.29, 0.717) is 34.5 Å².